The van der Waals surface area contributed by atoms with Crippen LogP contribution in [0.3, 0.4) is 0 Å². The molecule has 0 aliphatic carbocycles. The van der Waals surface area contributed by atoms with Crippen molar-refractivity contribution in [2.75, 3.05) is 32.7 Å². The number of nitrogens with zero attached hydrogens (tertiary/aromatic N) is 3. The van der Waals surface area contributed by atoms with Crippen LogP contribution in [0.25, 0.3) is 0 Å². The lowest BCUT2D eigenvalue weighted by Gasteiger charge is -2.41. The lowest BCUT2D eigenvalue weighted by atomic mass is 10.0. The second kappa shape index (κ2) is 7.14. The molecule has 0 saturated carbocycles. The number of nitro benzene ring substituents is 1. The first kappa shape index (κ1) is 17.3. The monoisotopic (exact) mass is 350 g/mol. The van der Waals surface area contributed by atoms with Gasteiger partial charge in [0, 0.05) is 32.2 Å². The Hall–Kier alpha value is -2.55. The van der Waals surface area contributed by atoms with Gasteiger partial charge in [-0.05, 0) is 25.0 Å². The predicted molar refractivity (Wildman–Crippen MR) is 86.6 cm³/mol. The number of carbonyl (C=O) groups excluding carboxylic acids is 2. The van der Waals surface area contributed by atoms with Crippen LogP contribution >= 0.6 is 0 Å². The average molecular weight is 350 g/mol. The average Bonchev–Trinajstić information content (AvgIpc) is 2.61. The molecule has 0 spiro atoms. The van der Waals surface area contributed by atoms with Crippen LogP contribution in [0.2, 0.25) is 0 Å². The number of piperidine rings is 1. The summed E-state index contributed by atoms with van der Waals surface area (Å²) in [6, 6.07) is 2.86. The molecule has 134 valence electrons. The van der Waals surface area contributed by atoms with Gasteiger partial charge in [0.25, 0.3) is 11.6 Å². The number of benzene rings is 1. The second-order valence-electron chi connectivity index (χ2n) is 6.23. The molecule has 0 radical (unpaired) electrons. The van der Waals surface area contributed by atoms with Crippen LogP contribution in [0.5, 0.6) is 0 Å². The smallest absolute Gasteiger partial charge is 0.285 e. The number of hydrogen-bond acceptors (Lipinski definition) is 5. The van der Waals surface area contributed by atoms with Gasteiger partial charge < -0.3 is 15.1 Å². The first-order valence-electron chi connectivity index (χ1n) is 8.21. The minimum atomic E-state index is -0.758. The normalized spacial score (nSPS) is 21.3. The third-order valence-corrected chi connectivity index (χ3v) is 4.64. The number of nitrogens with one attached hydrogen (secondary N) is 1. The maximum atomic E-state index is 13.3. The van der Waals surface area contributed by atoms with Crippen molar-refractivity contribution in [3.63, 3.8) is 0 Å². The van der Waals surface area contributed by atoms with E-state index in [1.165, 1.54) is 4.90 Å². The number of carbonyl (C=O) groups is 2. The maximum absolute atomic E-state index is 13.3. The van der Waals surface area contributed by atoms with Gasteiger partial charge in [0.05, 0.1) is 17.5 Å². The van der Waals surface area contributed by atoms with E-state index in [2.05, 4.69) is 5.32 Å². The van der Waals surface area contributed by atoms with Crippen LogP contribution in [-0.2, 0) is 4.79 Å². The fraction of sp³-hybridized carbons (Fsp3) is 0.500. The molecule has 2 fully saturated rings. The lowest BCUT2D eigenvalue weighted by Crippen LogP contribution is -2.57. The van der Waals surface area contributed by atoms with E-state index in [0.29, 0.717) is 32.6 Å². The molecule has 1 atom stereocenters. The van der Waals surface area contributed by atoms with Gasteiger partial charge in [0.2, 0.25) is 5.91 Å². The molecule has 2 saturated heterocycles. The van der Waals surface area contributed by atoms with Crippen LogP contribution in [0.4, 0.5) is 10.1 Å². The highest BCUT2D eigenvalue weighted by Gasteiger charge is 2.33. The molecule has 2 aliphatic heterocycles. The molecule has 2 aliphatic rings. The summed E-state index contributed by atoms with van der Waals surface area (Å²) < 4.78 is 13.3. The van der Waals surface area contributed by atoms with E-state index in [1.807, 2.05) is 0 Å². The summed E-state index contributed by atoms with van der Waals surface area (Å²) in [5.41, 5.74) is -0.663. The SMILES string of the molecule is O=C(c1ccc(F)cc1[N+](=O)[O-])N1CCCC(N2CCNCC2=O)C1. The molecular weight excluding hydrogens is 331 g/mol. The highest BCUT2D eigenvalue weighted by atomic mass is 19.1. The van der Waals surface area contributed by atoms with Crippen LogP contribution in [-0.4, -0.2) is 65.3 Å². The Morgan fingerprint density at radius 1 is 1.36 bits per heavy atom. The van der Waals surface area contributed by atoms with E-state index in [9.17, 15) is 24.1 Å². The van der Waals surface area contributed by atoms with E-state index in [-0.39, 0.29) is 24.1 Å². The highest BCUT2D eigenvalue weighted by Crippen LogP contribution is 2.24. The number of amides is 2. The van der Waals surface area contributed by atoms with Gasteiger partial charge in [-0.2, -0.15) is 0 Å². The Balaban J connectivity index is 1.78. The van der Waals surface area contributed by atoms with E-state index >= 15 is 0 Å². The van der Waals surface area contributed by atoms with Gasteiger partial charge in [0.1, 0.15) is 11.4 Å². The van der Waals surface area contributed by atoms with Crippen molar-refractivity contribution in [3.8, 4) is 0 Å². The topological polar surface area (TPSA) is 95.8 Å². The van der Waals surface area contributed by atoms with Gasteiger partial charge in [-0.1, -0.05) is 0 Å². The van der Waals surface area contributed by atoms with Crippen molar-refractivity contribution in [3.05, 3.63) is 39.7 Å². The molecule has 9 heteroatoms. The molecule has 1 unspecified atom stereocenters. The van der Waals surface area contributed by atoms with Crippen molar-refractivity contribution in [2.24, 2.45) is 0 Å². The standard InChI is InChI=1S/C16H19FN4O4/c17-11-3-4-13(14(8-11)21(24)25)16(23)19-6-1-2-12(10-19)20-7-5-18-9-15(20)22/h3-4,8,12,18H,1-2,5-7,9-10H2. The third-order valence-electron chi connectivity index (χ3n) is 4.64. The summed E-state index contributed by atoms with van der Waals surface area (Å²) in [4.78, 5) is 38.4. The van der Waals surface area contributed by atoms with E-state index in [4.69, 9.17) is 0 Å². The van der Waals surface area contributed by atoms with Crippen molar-refractivity contribution in [1.82, 2.24) is 15.1 Å². The highest BCUT2D eigenvalue weighted by molar-refractivity contribution is 5.98. The molecular formula is C16H19FN4O4. The molecule has 0 aromatic heterocycles. The fourth-order valence-corrected chi connectivity index (χ4v) is 3.41. The van der Waals surface area contributed by atoms with Crippen LogP contribution in [0.1, 0.15) is 23.2 Å². The first-order chi connectivity index (χ1) is 12.0. The molecule has 8 nitrogen and oxygen atoms in total. The summed E-state index contributed by atoms with van der Waals surface area (Å²) in [5, 5.41) is 14.1. The Labute approximate surface area is 143 Å². The Kier molecular flexibility index (Phi) is 4.93. The molecule has 1 N–H and O–H groups in total. The largest absolute Gasteiger partial charge is 0.336 e. The fourth-order valence-electron chi connectivity index (χ4n) is 3.41. The van der Waals surface area contributed by atoms with Crippen molar-refractivity contribution in [1.29, 1.82) is 0 Å². The molecule has 2 amide bonds. The zero-order valence-electron chi connectivity index (χ0n) is 13.6. The third kappa shape index (κ3) is 3.60. The second-order valence-corrected chi connectivity index (χ2v) is 6.23. The molecule has 25 heavy (non-hydrogen) atoms. The van der Waals surface area contributed by atoms with Crippen molar-refractivity contribution < 1.29 is 18.9 Å². The quantitative estimate of drug-likeness (QED) is 0.642. The Morgan fingerprint density at radius 3 is 2.88 bits per heavy atom. The van der Waals surface area contributed by atoms with E-state index in [1.54, 1.807) is 4.90 Å². The van der Waals surface area contributed by atoms with Gasteiger partial charge in [0.15, 0.2) is 0 Å². The maximum Gasteiger partial charge on any atom is 0.285 e. The summed E-state index contributed by atoms with van der Waals surface area (Å²) >= 11 is 0. The number of halogens is 1. The van der Waals surface area contributed by atoms with Crippen molar-refractivity contribution in [2.45, 2.75) is 18.9 Å². The van der Waals surface area contributed by atoms with E-state index in [0.717, 1.165) is 24.6 Å². The summed E-state index contributed by atoms with van der Waals surface area (Å²) in [6.45, 7) is 2.37. The lowest BCUT2D eigenvalue weighted by molar-refractivity contribution is -0.385. The zero-order chi connectivity index (χ0) is 18.0. The number of likely N-dealkylation sites (tertiary alicyclic amines) is 1. The summed E-state index contributed by atoms with van der Waals surface area (Å²) in [5.74, 6) is -1.26. The zero-order valence-corrected chi connectivity index (χ0v) is 13.6. The Bertz CT molecular complexity index is 711. The van der Waals surface area contributed by atoms with Crippen LogP contribution in [0, 0.1) is 15.9 Å². The number of nitro groups is 1. The number of piperazine rings is 1. The van der Waals surface area contributed by atoms with Gasteiger partial charge >= 0.3 is 0 Å². The Morgan fingerprint density at radius 2 is 2.16 bits per heavy atom. The number of rotatable bonds is 3. The predicted octanol–water partition coefficient (Wildman–Crippen LogP) is 0.770. The van der Waals surface area contributed by atoms with E-state index < -0.39 is 22.3 Å². The van der Waals surface area contributed by atoms with Crippen molar-refractivity contribution >= 4 is 17.5 Å². The summed E-state index contributed by atoms with van der Waals surface area (Å²) in [7, 11) is 0. The summed E-state index contributed by atoms with van der Waals surface area (Å²) in [6.07, 6.45) is 1.50. The molecule has 0 bridgehead atoms. The van der Waals surface area contributed by atoms with Gasteiger partial charge in [-0.3, -0.25) is 19.7 Å². The molecule has 3 rings (SSSR count). The van der Waals surface area contributed by atoms with Gasteiger partial charge in [-0.25, -0.2) is 4.39 Å². The first-order valence-corrected chi connectivity index (χ1v) is 8.21. The molecule has 1 aromatic carbocycles. The minimum Gasteiger partial charge on any atom is -0.336 e. The molecule has 1 aromatic rings. The van der Waals surface area contributed by atoms with Crippen LogP contribution in [0.15, 0.2) is 18.2 Å². The molecule has 2 heterocycles. The van der Waals surface area contributed by atoms with Gasteiger partial charge in [-0.15, -0.1) is 0 Å². The minimum absolute atomic E-state index is 0.00156. The van der Waals surface area contributed by atoms with Crippen LogP contribution < -0.4 is 5.32 Å². The number of hydrogen-bond donors (Lipinski definition) is 1.